The van der Waals surface area contributed by atoms with Gasteiger partial charge >= 0.3 is 6.09 Å². The van der Waals surface area contributed by atoms with E-state index in [1.807, 2.05) is 48.5 Å². The molecular formula is C17H18N2O2. The number of benzene rings is 1. The largest absolute Gasteiger partial charge is 0.445 e. The molecule has 0 aliphatic carbocycles. The second kappa shape index (κ2) is 6.39. The van der Waals surface area contributed by atoms with Crippen LogP contribution in [-0.2, 0) is 11.3 Å². The Hall–Kier alpha value is -2.36. The molecule has 0 spiro atoms. The monoisotopic (exact) mass is 282 g/mol. The Morgan fingerprint density at radius 3 is 2.76 bits per heavy atom. The molecule has 108 valence electrons. The van der Waals surface area contributed by atoms with E-state index in [-0.39, 0.29) is 12.1 Å². The molecule has 2 heterocycles. The van der Waals surface area contributed by atoms with Gasteiger partial charge in [-0.1, -0.05) is 36.4 Å². The molecule has 0 N–H and O–H groups in total. The van der Waals surface area contributed by atoms with E-state index in [9.17, 15) is 4.79 Å². The molecule has 1 aromatic heterocycles. The van der Waals surface area contributed by atoms with Crippen LogP contribution in [0.1, 0.15) is 30.1 Å². The molecule has 1 aromatic carbocycles. The fraction of sp³-hybridized carbons (Fsp3) is 0.294. The number of hydrogen-bond donors (Lipinski definition) is 0. The maximum absolute atomic E-state index is 12.3. The molecule has 1 aliphatic rings. The van der Waals surface area contributed by atoms with Crippen LogP contribution in [0.4, 0.5) is 4.79 Å². The van der Waals surface area contributed by atoms with Crippen molar-refractivity contribution in [2.45, 2.75) is 25.5 Å². The number of nitrogens with zero attached hydrogens (tertiary/aromatic N) is 2. The highest BCUT2D eigenvalue weighted by Crippen LogP contribution is 2.31. The molecule has 0 unspecified atom stereocenters. The van der Waals surface area contributed by atoms with Gasteiger partial charge in [-0.15, -0.1) is 0 Å². The third-order valence-electron chi connectivity index (χ3n) is 3.72. The number of amides is 1. The highest BCUT2D eigenvalue weighted by Gasteiger charge is 2.31. The number of ether oxygens (including phenoxy) is 1. The molecule has 1 aliphatic heterocycles. The number of pyridine rings is 1. The van der Waals surface area contributed by atoms with E-state index in [1.165, 1.54) is 0 Å². The van der Waals surface area contributed by atoms with Crippen LogP contribution in [0.15, 0.2) is 54.7 Å². The number of carbonyl (C=O) groups excluding carboxylic acids is 1. The van der Waals surface area contributed by atoms with E-state index in [0.717, 1.165) is 30.6 Å². The molecule has 21 heavy (non-hydrogen) atoms. The Labute approximate surface area is 124 Å². The van der Waals surface area contributed by atoms with E-state index >= 15 is 0 Å². The first-order valence-electron chi connectivity index (χ1n) is 7.23. The van der Waals surface area contributed by atoms with Crippen molar-refractivity contribution in [1.29, 1.82) is 0 Å². The molecule has 1 fully saturated rings. The molecule has 0 saturated carbocycles. The summed E-state index contributed by atoms with van der Waals surface area (Å²) in [6.45, 7) is 1.04. The van der Waals surface area contributed by atoms with Crippen LogP contribution in [0.2, 0.25) is 0 Å². The lowest BCUT2D eigenvalue weighted by atomic mass is 10.1. The highest BCUT2D eigenvalue weighted by atomic mass is 16.6. The first-order chi connectivity index (χ1) is 10.3. The van der Waals surface area contributed by atoms with Gasteiger partial charge in [-0.2, -0.15) is 0 Å². The third kappa shape index (κ3) is 3.21. The lowest BCUT2D eigenvalue weighted by Crippen LogP contribution is -2.31. The van der Waals surface area contributed by atoms with Crippen molar-refractivity contribution in [1.82, 2.24) is 9.88 Å². The second-order valence-corrected chi connectivity index (χ2v) is 5.15. The van der Waals surface area contributed by atoms with Gasteiger partial charge in [0.25, 0.3) is 0 Å². The van der Waals surface area contributed by atoms with E-state index in [0.29, 0.717) is 6.61 Å². The fourth-order valence-corrected chi connectivity index (χ4v) is 2.67. The third-order valence-corrected chi connectivity index (χ3v) is 3.72. The summed E-state index contributed by atoms with van der Waals surface area (Å²) in [5.41, 5.74) is 1.94. The lowest BCUT2D eigenvalue weighted by Gasteiger charge is -2.23. The molecule has 3 rings (SSSR count). The Kier molecular flexibility index (Phi) is 4.15. The number of carbonyl (C=O) groups is 1. The van der Waals surface area contributed by atoms with Crippen LogP contribution in [0.25, 0.3) is 0 Å². The topological polar surface area (TPSA) is 42.4 Å². The second-order valence-electron chi connectivity index (χ2n) is 5.15. The number of rotatable bonds is 3. The van der Waals surface area contributed by atoms with Crippen molar-refractivity contribution in [3.8, 4) is 0 Å². The van der Waals surface area contributed by atoms with Gasteiger partial charge in [-0.25, -0.2) is 4.79 Å². The number of likely N-dealkylation sites (tertiary alicyclic amines) is 1. The molecule has 4 heteroatoms. The maximum Gasteiger partial charge on any atom is 0.410 e. The van der Waals surface area contributed by atoms with Crippen molar-refractivity contribution >= 4 is 6.09 Å². The molecule has 1 amide bonds. The standard InChI is InChI=1S/C17H18N2O2/c20-17(21-13-14-7-2-1-3-8-14)19-12-6-10-16(19)15-9-4-5-11-18-15/h1-5,7-9,11,16H,6,10,12-13H2/t16-/m0/s1. The zero-order chi connectivity index (χ0) is 14.5. The summed E-state index contributed by atoms with van der Waals surface area (Å²) in [6.07, 6.45) is 3.44. The molecule has 2 aromatic rings. The van der Waals surface area contributed by atoms with Crippen molar-refractivity contribution in [2.24, 2.45) is 0 Å². The maximum atomic E-state index is 12.3. The molecular weight excluding hydrogens is 264 g/mol. The SMILES string of the molecule is O=C(OCc1ccccc1)N1CCC[C@H]1c1ccccn1. The first-order valence-corrected chi connectivity index (χ1v) is 7.23. The van der Waals surface area contributed by atoms with Crippen LogP contribution in [0.5, 0.6) is 0 Å². The predicted octanol–water partition coefficient (Wildman–Crippen LogP) is 3.56. The summed E-state index contributed by atoms with van der Waals surface area (Å²) in [5, 5.41) is 0. The highest BCUT2D eigenvalue weighted by molar-refractivity contribution is 5.68. The van der Waals surface area contributed by atoms with Gasteiger partial charge < -0.3 is 4.74 Å². The average Bonchev–Trinajstić information content (AvgIpc) is 3.04. The Balaban J connectivity index is 1.64. The van der Waals surface area contributed by atoms with Crippen LogP contribution < -0.4 is 0 Å². The van der Waals surface area contributed by atoms with Crippen LogP contribution >= 0.6 is 0 Å². The van der Waals surface area contributed by atoms with Crippen molar-refractivity contribution in [3.05, 3.63) is 66.0 Å². The molecule has 4 nitrogen and oxygen atoms in total. The Morgan fingerprint density at radius 1 is 1.19 bits per heavy atom. The van der Waals surface area contributed by atoms with Crippen molar-refractivity contribution in [3.63, 3.8) is 0 Å². The van der Waals surface area contributed by atoms with Gasteiger partial charge in [0, 0.05) is 12.7 Å². The van der Waals surface area contributed by atoms with E-state index in [2.05, 4.69) is 4.98 Å². The predicted molar refractivity (Wildman–Crippen MR) is 79.5 cm³/mol. The van der Waals surface area contributed by atoms with Gasteiger partial charge in [-0.05, 0) is 30.5 Å². The summed E-state index contributed by atoms with van der Waals surface area (Å²) in [4.78, 5) is 18.4. The van der Waals surface area contributed by atoms with E-state index < -0.39 is 0 Å². The average molecular weight is 282 g/mol. The van der Waals surface area contributed by atoms with Crippen molar-refractivity contribution < 1.29 is 9.53 Å². The van der Waals surface area contributed by atoms with Crippen LogP contribution in [0.3, 0.4) is 0 Å². The van der Waals surface area contributed by atoms with Gasteiger partial charge in [-0.3, -0.25) is 9.88 Å². The van der Waals surface area contributed by atoms with E-state index in [1.54, 1.807) is 11.1 Å². The molecule has 1 saturated heterocycles. The van der Waals surface area contributed by atoms with E-state index in [4.69, 9.17) is 4.74 Å². The summed E-state index contributed by atoms with van der Waals surface area (Å²) in [6, 6.07) is 15.6. The zero-order valence-electron chi connectivity index (χ0n) is 11.8. The fourth-order valence-electron chi connectivity index (χ4n) is 2.67. The summed E-state index contributed by atoms with van der Waals surface area (Å²) < 4.78 is 5.42. The first kappa shape index (κ1) is 13.6. The summed E-state index contributed by atoms with van der Waals surface area (Å²) in [7, 11) is 0. The molecule has 0 radical (unpaired) electrons. The Bertz CT molecular complexity index is 586. The van der Waals surface area contributed by atoms with Gasteiger partial charge in [0.15, 0.2) is 0 Å². The quantitative estimate of drug-likeness (QED) is 0.864. The minimum Gasteiger partial charge on any atom is -0.445 e. The summed E-state index contributed by atoms with van der Waals surface area (Å²) >= 11 is 0. The zero-order valence-corrected chi connectivity index (χ0v) is 11.8. The molecule has 0 bridgehead atoms. The number of hydrogen-bond acceptors (Lipinski definition) is 3. The lowest BCUT2D eigenvalue weighted by molar-refractivity contribution is 0.0915. The van der Waals surface area contributed by atoms with Crippen LogP contribution in [0, 0.1) is 0 Å². The van der Waals surface area contributed by atoms with Gasteiger partial charge in [0.1, 0.15) is 6.61 Å². The van der Waals surface area contributed by atoms with Gasteiger partial charge in [0.05, 0.1) is 11.7 Å². The normalized spacial score (nSPS) is 17.7. The van der Waals surface area contributed by atoms with Gasteiger partial charge in [0.2, 0.25) is 0 Å². The van der Waals surface area contributed by atoms with Crippen molar-refractivity contribution in [2.75, 3.05) is 6.54 Å². The van der Waals surface area contributed by atoms with Crippen LogP contribution in [-0.4, -0.2) is 22.5 Å². The minimum atomic E-state index is -0.257. The summed E-state index contributed by atoms with van der Waals surface area (Å²) in [5.74, 6) is 0. The Morgan fingerprint density at radius 2 is 2.00 bits per heavy atom. The number of aromatic nitrogens is 1. The smallest absolute Gasteiger partial charge is 0.410 e. The molecule has 1 atom stereocenters. The minimum absolute atomic E-state index is 0.0365.